The standard InChI is InChI=1S/C27H26N2O7S/c1-17-4-7-21(8-5-17)37(31,32)29(14-18-6-9-23-26(10-18)36-16-35-23)15-20-11-19-12-24(33-2)25(34-3)13-22(19)28-27(20)30/h4-13H,14-16H2,1-3H3,(H,28,30). The fraction of sp³-hybridized carbons (Fsp3) is 0.222. The third-order valence-corrected chi connectivity index (χ3v) is 8.03. The van der Waals surface area contributed by atoms with E-state index in [4.69, 9.17) is 18.9 Å². The Labute approximate surface area is 214 Å². The van der Waals surface area contributed by atoms with Gasteiger partial charge in [-0.1, -0.05) is 23.8 Å². The molecule has 0 spiro atoms. The van der Waals surface area contributed by atoms with Crippen molar-refractivity contribution in [2.75, 3.05) is 21.0 Å². The number of aromatic nitrogens is 1. The lowest BCUT2D eigenvalue weighted by atomic mass is 10.1. The zero-order chi connectivity index (χ0) is 26.2. The third-order valence-electron chi connectivity index (χ3n) is 6.23. The number of hydrogen-bond donors (Lipinski definition) is 1. The lowest BCUT2D eigenvalue weighted by molar-refractivity contribution is 0.174. The molecular formula is C27H26N2O7S. The maximum Gasteiger partial charge on any atom is 0.252 e. The molecule has 0 saturated heterocycles. The van der Waals surface area contributed by atoms with E-state index in [-0.39, 0.29) is 30.3 Å². The van der Waals surface area contributed by atoms with Gasteiger partial charge in [-0.25, -0.2) is 8.42 Å². The molecular weight excluding hydrogens is 496 g/mol. The van der Waals surface area contributed by atoms with Crippen LogP contribution in [0.5, 0.6) is 23.0 Å². The van der Waals surface area contributed by atoms with E-state index in [9.17, 15) is 13.2 Å². The quantitative estimate of drug-likeness (QED) is 0.373. The lowest BCUT2D eigenvalue weighted by Crippen LogP contribution is -2.32. The summed E-state index contributed by atoms with van der Waals surface area (Å²) in [4.78, 5) is 16.0. The predicted octanol–water partition coefficient (Wildman–Crippen LogP) is 3.97. The molecule has 10 heteroatoms. The molecule has 0 amide bonds. The zero-order valence-electron chi connectivity index (χ0n) is 20.6. The first-order chi connectivity index (χ1) is 17.8. The molecule has 0 fully saturated rings. The summed E-state index contributed by atoms with van der Waals surface area (Å²) in [6.07, 6.45) is 0. The van der Waals surface area contributed by atoms with E-state index in [0.717, 1.165) is 5.56 Å². The molecule has 1 aliphatic rings. The van der Waals surface area contributed by atoms with Crippen LogP contribution in [-0.4, -0.2) is 38.7 Å². The first-order valence-corrected chi connectivity index (χ1v) is 13.0. The average molecular weight is 523 g/mol. The summed E-state index contributed by atoms with van der Waals surface area (Å²) in [5.41, 5.74) is 2.08. The highest BCUT2D eigenvalue weighted by molar-refractivity contribution is 7.89. The third kappa shape index (κ3) is 4.85. The summed E-state index contributed by atoms with van der Waals surface area (Å²) in [6, 6.07) is 17.0. The van der Waals surface area contributed by atoms with Gasteiger partial charge in [0, 0.05) is 30.1 Å². The summed E-state index contributed by atoms with van der Waals surface area (Å²) in [5.74, 6) is 2.13. The molecule has 3 aromatic carbocycles. The van der Waals surface area contributed by atoms with Crippen molar-refractivity contribution in [1.82, 2.24) is 9.29 Å². The van der Waals surface area contributed by atoms with Gasteiger partial charge in [0.1, 0.15) is 0 Å². The highest BCUT2D eigenvalue weighted by atomic mass is 32.2. The van der Waals surface area contributed by atoms with Crippen LogP contribution >= 0.6 is 0 Å². The number of ether oxygens (including phenoxy) is 4. The van der Waals surface area contributed by atoms with E-state index in [1.165, 1.54) is 18.5 Å². The molecule has 5 rings (SSSR count). The fourth-order valence-corrected chi connectivity index (χ4v) is 5.62. The van der Waals surface area contributed by atoms with Crippen molar-refractivity contribution in [2.45, 2.75) is 24.9 Å². The number of methoxy groups -OCH3 is 2. The van der Waals surface area contributed by atoms with Crippen LogP contribution in [0.1, 0.15) is 16.7 Å². The zero-order valence-corrected chi connectivity index (χ0v) is 21.4. The van der Waals surface area contributed by atoms with Crippen molar-refractivity contribution in [3.63, 3.8) is 0 Å². The number of nitrogens with zero attached hydrogens (tertiary/aromatic N) is 1. The Morgan fingerprint density at radius 2 is 1.59 bits per heavy atom. The van der Waals surface area contributed by atoms with Gasteiger partial charge >= 0.3 is 0 Å². The van der Waals surface area contributed by atoms with E-state index in [1.807, 2.05) is 6.92 Å². The smallest absolute Gasteiger partial charge is 0.252 e. The molecule has 1 aliphatic heterocycles. The number of hydrogen-bond acceptors (Lipinski definition) is 7. The molecule has 1 aromatic heterocycles. The number of benzene rings is 3. The minimum Gasteiger partial charge on any atom is -0.493 e. The molecule has 4 aromatic rings. The Hall–Kier alpha value is -4.02. The molecule has 0 saturated carbocycles. The monoisotopic (exact) mass is 522 g/mol. The van der Waals surface area contributed by atoms with Gasteiger partial charge in [-0.05, 0) is 48.9 Å². The van der Waals surface area contributed by atoms with Crippen LogP contribution in [0, 0.1) is 6.92 Å². The van der Waals surface area contributed by atoms with Gasteiger partial charge in [0.25, 0.3) is 5.56 Å². The maximum atomic E-state index is 13.8. The summed E-state index contributed by atoms with van der Waals surface area (Å²) < 4.78 is 50.4. The largest absolute Gasteiger partial charge is 0.493 e. The van der Waals surface area contributed by atoms with Crippen LogP contribution in [0.15, 0.2) is 70.4 Å². The minimum absolute atomic E-state index is 0.0241. The van der Waals surface area contributed by atoms with Crippen LogP contribution in [0.25, 0.3) is 10.9 Å². The van der Waals surface area contributed by atoms with Gasteiger partial charge in [0.2, 0.25) is 16.8 Å². The predicted molar refractivity (Wildman–Crippen MR) is 138 cm³/mol. The normalized spacial score (nSPS) is 12.8. The number of H-pyrrole nitrogens is 1. The van der Waals surface area contributed by atoms with E-state index < -0.39 is 15.6 Å². The Balaban J connectivity index is 1.56. The summed E-state index contributed by atoms with van der Waals surface area (Å²) in [6.45, 7) is 1.88. The second-order valence-corrected chi connectivity index (χ2v) is 10.6. The van der Waals surface area contributed by atoms with Gasteiger partial charge < -0.3 is 23.9 Å². The lowest BCUT2D eigenvalue weighted by Gasteiger charge is -2.23. The number of nitrogens with one attached hydrogen (secondary N) is 1. The van der Waals surface area contributed by atoms with Crippen LogP contribution in [0.4, 0.5) is 0 Å². The van der Waals surface area contributed by atoms with Crippen molar-refractivity contribution in [3.05, 3.63) is 87.7 Å². The van der Waals surface area contributed by atoms with Crippen LogP contribution < -0.4 is 24.5 Å². The molecule has 0 aliphatic carbocycles. The van der Waals surface area contributed by atoms with Crippen molar-refractivity contribution < 1.29 is 27.4 Å². The number of pyridine rings is 1. The van der Waals surface area contributed by atoms with Crippen molar-refractivity contribution in [2.24, 2.45) is 0 Å². The Morgan fingerprint density at radius 3 is 2.32 bits per heavy atom. The van der Waals surface area contributed by atoms with Crippen LogP contribution in [0.3, 0.4) is 0 Å². The summed E-state index contributed by atoms with van der Waals surface area (Å²) >= 11 is 0. The SMILES string of the molecule is COc1cc2cc(CN(Cc3ccc4c(c3)OCO4)S(=O)(=O)c3ccc(C)cc3)c(=O)[nH]c2cc1OC. The molecule has 1 N–H and O–H groups in total. The minimum atomic E-state index is -3.96. The highest BCUT2D eigenvalue weighted by Crippen LogP contribution is 2.34. The van der Waals surface area contributed by atoms with Crippen LogP contribution in [-0.2, 0) is 23.1 Å². The second kappa shape index (κ2) is 9.79. The average Bonchev–Trinajstić information content (AvgIpc) is 3.36. The Morgan fingerprint density at radius 1 is 0.892 bits per heavy atom. The maximum absolute atomic E-state index is 13.8. The highest BCUT2D eigenvalue weighted by Gasteiger charge is 2.27. The molecule has 0 radical (unpaired) electrons. The van der Waals surface area contributed by atoms with E-state index in [1.54, 1.807) is 60.7 Å². The van der Waals surface area contributed by atoms with Gasteiger partial charge in [0.05, 0.1) is 24.6 Å². The molecule has 192 valence electrons. The number of aromatic amines is 1. The second-order valence-electron chi connectivity index (χ2n) is 8.69. The van der Waals surface area contributed by atoms with E-state index in [2.05, 4.69) is 4.98 Å². The Kier molecular flexibility index (Phi) is 6.53. The van der Waals surface area contributed by atoms with Crippen molar-refractivity contribution >= 4 is 20.9 Å². The van der Waals surface area contributed by atoms with Gasteiger partial charge in [-0.15, -0.1) is 0 Å². The fourth-order valence-electron chi connectivity index (χ4n) is 4.21. The molecule has 0 atom stereocenters. The molecule has 37 heavy (non-hydrogen) atoms. The Bertz CT molecular complexity index is 1630. The molecule has 0 bridgehead atoms. The topological polar surface area (TPSA) is 107 Å². The van der Waals surface area contributed by atoms with Crippen LogP contribution in [0.2, 0.25) is 0 Å². The van der Waals surface area contributed by atoms with Gasteiger partial charge in [0.15, 0.2) is 23.0 Å². The molecule has 0 unspecified atom stereocenters. The first kappa shape index (κ1) is 24.7. The van der Waals surface area contributed by atoms with E-state index in [0.29, 0.717) is 39.5 Å². The number of sulfonamides is 1. The number of fused-ring (bicyclic) bond motifs is 2. The number of aryl methyl sites for hydroxylation is 1. The molecule has 2 heterocycles. The van der Waals surface area contributed by atoms with Gasteiger partial charge in [-0.3, -0.25) is 4.79 Å². The first-order valence-electron chi connectivity index (χ1n) is 11.5. The summed E-state index contributed by atoms with van der Waals surface area (Å²) in [5, 5.41) is 0.683. The van der Waals surface area contributed by atoms with Gasteiger partial charge in [-0.2, -0.15) is 4.31 Å². The summed E-state index contributed by atoms with van der Waals surface area (Å²) in [7, 11) is -0.919. The van der Waals surface area contributed by atoms with Crippen molar-refractivity contribution in [1.29, 1.82) is 0 Å². The van der Waals surface area contributed by atoms with E-state index >= 15 is 0 Å². The molecule has 9 nitrogen and oxygen atoms in total. The number of rotatable bonds is 8. The van der Waals surface area contributed by atoms with Crippen molar-refractivity contribution in [3.8, 4) is 23.0 Å².